The molecule has 0 unspecified atom stereocenters. The molecule has 0 saturated heterocycles. The summed E-state index contributed by atoms with van der Waals surface area (Å²) in [6.07, 6.45) is 7.09. The van der Waals surface area contributed by atoms with E-state index in [4.69, 9.17) is 10.3 Å². The second-order valence-electron chi connectivity index (χ2n) is 4.93. The molecule has 1 fully saturated rings. The van der Waals surface area contributed by atoms with Crippen LogP contribution in [-0.4, -0.2) is 23.7 Å². The van der Waals surface area contributed by atoms with Gasteiger partial charge in [0.25, 0.3) is 0 Å². The van der Waals surface area contributed by atoms with E-state index >= 15 is 0 Å². The summed E-state index contributed by atoms with van der Waals surface area (Å²) in [4.78, 5) is 4.32. The van der Waals surface area contributed by atoms with Gasteiger partial charge in [-0.2, -0.15) is 0 Å². The molecule has 1 saturated carbocycles. The van der Waals surface area contributed by atoms with Crippen LogP contribution in [0.1, 0.15) is 43.6 Å². The molecule has 1 aromatic rings. The number of aliphatic imine (C=N–C) groups is 1. The number of nitrogens with one attached hydrogen (secondary N) is 1. The van der Waals surface area contributed by atoms with E-state index in [0.29, 0.717) is 18.5 Å². The van der Waals surface area contributed by atoms with Gasteiger partial charge in [0.15, 0.2) is 5.96 Å². The third-order valence-electron chi connectivity index (χ3n) is 3.27. The lowest BCUT2D eigenvalue weighted by Crippen LogP contribution is -2.41. The summed E-state index contributed by atoms with van der Waals surface area (Å²) in [6.45, 7) is 2.55. The van der Waals surface area contributed by atoms with Crippen molar-refractivity contribution in [3.05, 3.63) is 17.5 Å². The second-order valence-corrected chi connectivity index (χ2v) is 4.93. The predicted molar refractivity (Wildman–Crippen MR) is 86.9 cm³/mol. The Morgan fingerprint density at radius 1 is 1.47 bits per heavy atom. The van der Waals surface area contributed by atoms with Crippen LogP contribution in [-0.2, 0) is 6.42 Å². The summed E-state index contributed by atoms with van der Waals surface area (Å²) in [7, 11) is 0. The van der Waals surface area contributed by atoms with E-state index in [9.17, 15) is 0 Å². The van der Waals surface area contributed by atoms with Crippen molar-refractivity contribution >= 4 is 29.9 Å². The Balaban J connectivity index is 0.00000180. The fourth-order valence-corrected chi connectivity index (χ4v) is 2.32. The molecule has 0 radical (unpaired) electrons. The molecule has 108 valence electrons. The Morgan fingerprint density at radius 2 is 2.21 bits per heavy atom. The molecule has 0 bridgehead atoms. The normalized spacial score (nSPS) is 17.0. The fourth-order valence-electron chi connectivity index (χ4n) is 2.32. The first-order valence-electron chi connectivity index (χ1n) is 6.72. The summed E-state index contributed by atoms with van der Waals surface area (Å²) >= 11 is 0. The van der Waals surface area contributed by atoms with Crippen LogP contribution in [0.3, 0.4) is 0 Å². The molecular weight excluding hydrogens is 355 g/mol. The zero-order valence-corrected chi connectivity index (χ0v) is 13.7. The molecule has 1 aliphatic carbocycles. The summed E-state index contributed by atoms with van der Waals surface area (Å²) in [5.41, 5.74) is 6.77. The first-order valence-corrected chi connectivity index (χ1v) is 6.72. The molecule has 1 aromatic heterocycles. The Morgan fingerprint density at radius 3 is 2.84 bits per heavy atom. The highest BCUT2D eigenvalue weighted by atomic mass is 127. The van der Waals surface area contributed by atoms with Crippen LogP contribution >= 0.6 is 24.0 Å². The van der Waals surface area contributed by atoms with Crippen molar-refractivity contribution in [3.63, 3.8) is 0 Å². The standard InChI is InChI=1S/C13H22N4O.HI/c1-10-9-12(18-17-10)7-8-15-13(14)16-11-5-3-2-4-6-11;/h9,11H,2-8H2,1H3,(H3,14,15,16);1H. The Labute approximate surface area is 131 Å². The van der Waals surface area contributed by atoms with Gasteiger partial charge in [0, 0.05) is 25.1 Å². The van der Waals surface area contributed by atoms with E-state index in [1.165, 1.54) is 32.1 Å². The zero-order chi connectivity index (χ0) is 12.8. The molecule has 0 spiro atoms. The quantitative estimate of drug-likeness (QED) is 0.479. The van der Waals surface area contributed by atoms with Crippen LogP contribution in [0.4, 0.5) is 0 Å². The van der Waals surface area contributed by atoms with Gasteiger partial charge in [-0.1, -0.05) is 24.4 Å². The van der Waals surface area contributed by atoms with Gasteiger partial charge >= 0.3 is 0 Å². The molecule has 19 heavy (non-hydrogen) atoms. The maximum atomic E-state index is 5.87. The van der Waals surface area contributed by atoms with Crippen LogP contribution in [0.5, 0.6) is 0 Å². The highest BCUT2D eigenvalue weighted by Gasteiger charge is 2.13. The van der Waals surface area contributed by atoms with Crippen LogP contribution in [0.25, 0.3) is 0 Å². The Hall–Kier alpha value is -0.790. The van der Waals surface area contributed by atoms with Gasteiger partial charge in [0.2, 0.25) is 0 Å². The number of nitrogens with zero attached hydrogens (tertiary/aromatic N) is 2. The van der Waals surface area contributed by atoms with E-state index in [1.807, 2.05) is 13.0 Å². The molecule has 0 amide bonds. The van der Waals surface area contributed by atoms with Crippen molar-refractivity contribution in [2.45, 2.75) is 51.5 Å². The van der Waals surface area contributed by atoms with Crippen molar-refractivity contribution < 1.29 is 4.52 Å². The smallest absolute Gasteiger partial charge is 0.188 e. The number of hydrogen-bond donors (Lipinski definition) is 2. The van der Waals surface area contributed by atoms with Crippen LogP contribution in [0, 0.1) is 6.92 Å². The Kier molecular flexibility index (Phi) is 7.19. The van der Waals surface area contributed by atoms with Crippen LogP contribution in [0.2, 0.25) is 0 Å². The molecule has 0 aliphatic heterocycles. The van der Waals surface area contributed by atoms with E-state index in [0.717, 1.165) is 17.9 Å². The van der Waals surface area contributed by atoms with E-state index in [1.54, 1.807) is 0 Å². The first-order chi connectivity index (χ1) is 8.74. The zero-order valence-electron chi connectivity index (χ0n) is 11.4. The minimum Gasteiger partial charge on any atom is -0.370 e. The molecule has 0 aromatic carbocycles. The van der Waals surface area contributed by atoms with Gasteiger partial charge in [0.1, 0.15) is 5.76 Å². The summed E-state index contributed by atoms with van der Waals surface area (Å²) in [5.74, 6) is 1.42. The lowest BCUT2D eigenvalue weighted by molar-refractivity contribution is 0.380. The second kappa shape index (κ2) is 8.39. The number of halogens is 1. The van der Waals surface area contributed by atoms with Crippen molar-refractivity contribution in [1.29, 1.82) is 0 Å². The van der Waals surface area contributed by atoms with Gasteiger partial charge in [0.05, 0.1) is 5.69 Å². The number of nitrogens with two attached hydrogens (primary N) is 1. The van der Waals surface area contributed by atoms with Crippen molar-refractivity contribution in [3.8, 4) is 0 Å². The number of rotatable bonds is 4. The number of guanidine groups is 1. The van der Waals surface area contributed by atoms with E-state index < -0.39 is 0 Å². The monoisotopic (exact) mass is 378 g/mol. The summed E-state index contributed by atoms with van der Waals surface area (Å²) < 4.78 is 5.12. The average molecular weight is 378 g/mol. The fraction of sp³-hybridized carbons (Fsp3) is 0.692. The van der Waals surface area contributed by atoms with Gasteiger partial charge in [-0.25, -0.2) is 0 Å². The minimum absolute atomic E-state index is 0. The summed E-state index contributed by atoms with van der Waals surface area (Å²) in [5, 5.41) is 7.13. The van der Waals surface area contributed by atoms with E-state index in [-0.39, 0.29) is 24.0 Å². The first kappa shape index (κ1) is 16.3. The number of aromatic nitrogens is 1. The maximum absolute atomic E-state index is 5.87. The maximum Gasteiger partial charge on any atom is 0.188 e. The predicted octanol–water partition coefficient (Wildman–Crippen LogP) is 2.38. The van der Waals surface area contributed by atoms with Crippen molar-refractivity contribution in [1.82, 2.24) is 10.5 Å². The van der Waals surface area contributed by atoms with Gasteiger partial charge < -0.3 is 15.6 Å². The highest BCUT2D eigenvalue weighted by molar-refractivity contribution is 14.0. The number of aryl methyl sites for hydroxylation is 1. The third kappa shape index (κ3) is 5.80. The molecule has 5 nitrogen and oxygen atoms in total. The molecule has 3 N–H and O–H groups in total. The van der Waals surface area contributed by atoms with Gasteiger partial charge in [-0.05, 0) is 19.8 Å². The summed E-state index contributed by atoms with van der Waals surface area (Å²) in [6, 6.07) is 2.44. The topological polar surface area (TPSA) is 76.4 Å². The molecule has 0 atom stereocenters. The van der Waals surface area contributed by atoms with Crippen LogP contribution < -0.4 is 11.1 Å². The number of hydrogen-bond acceptors (Lipinski definition) is 3. The highest BCUT2D eigenvalue weighted by Crippen LogP contribution is 2.16. The average Bonchev–Trinajstić information content (AvgIpc) is 2.76. The van der Waals surface area contributed by atoms with Gasteiger partial charge in [-0.15, -0.1) is 24.0 Å². The lowest BCUT2D eigenvalue weighted by Gasteiger charge is -2.23. The lowest BCUT2D eigenvalue weighted by atomic mass is 9.96. The molecule has 2 rings (SSSR count). The molecular formula is C13H23IN4O. The van der Waals surface area contributed by atoms with Gasteiger partial charge in [-0.3, -0.25) is 4.99 Å². The largest absolute Gasteiger partial charge is 0.370 e. The van der Waals surface area contributed by atoms with Crippen LogP contribution in [0.15, 0.2) is 15.6 Å². The van der Waals surface area contributed by atoms with Crippen molar-refractivity contribution in [2.24, 2.45) is 10.7 Å². The SMILES string of the molecule is Cc1cc(CCN=C(N)NC2CCCCC2)on1.I. The molecule has 1 aliphatic rings. The third-order valence-corrected chi connectivity index (χ3v) is 3.27. The Bertz CT molecular complexity index is 399. The van der Waals surface area contributed by atoms with Crippen molar-refractivity contribution in [2.75, 3.05) is 6.54 Å². The molecule has 1 heterocycles. The van der Waals surface area contributed by atoms with E-state index in [2.05, 4.69) is 15.5 Å². The minimum atomic E-state index is 0. The molecule has 6 heteroatoms.